The smallest absolute Gasteiger partial charge is 0.142 e. The van der Waals surface area contributed by atoms with Gasteiger partial charge in [-0.1, -0.05) is 31.5 Å². The van der Waals surface area contributed by atoms with Crippen LogP contribution >= 0.6 is 11.6 Å². The highest BCUT2D eigenvalue weighted by Crippen LogP contribution is 2.25. The van der Waals surface area contributed by atoms with E-state index in [1.807, 2.05) is 18.2 Å². The summed E-state index contributed by atoms with van der Waals surface area (Å²) < 4.78 is 13.2. The van der Waals surface area contributed by atoms with Crippen LogP contribution in [-0.2, 0) is 6.54 Å². The zero-order valence-corrected chi connectivity index (χ0v) is 11.7. The second-order valence-corrected chi connectivity index (χ2v) is 5.14. The molecule has 0 spiro atoms. The summed E-state index contributed by atoms with van der Waals surface area (Å²) in [6, 6.07) is 7.52. The van der Waals surface area contributed by atoms with Crippen LogP contribution in [0.4, 0.5) is 4.39 Å². The fourth-order valence-electron chi connectivity index (χ4n) is 1.77. The van der Waals surface area contributed by atoms with E-state index in [0.29, 0.717) is 17.6 Å². The van der Waals surface area contributed by atoms with E-state index in [-0.39, 0.29) is 5.82 Å². The van der Waals surface area contributed by atoms with Crippen molar-refractivity contribution in [1.82, 2.24) is 10.3 Å². The molecular weight excluding hydrogens is 263 g/mol. The predicted octanol–water partition coefficient (Wildman–Crippen LogP) is 4.04. The van der Waals surface area contributed by atoms with Crippen LogP contribution in [0, 0.1) is 5.82 Å². The quantitative estimate of drug-likeness (QED) is 0.913. The minimum absolute atomic E-state index is 0.339. The van der Waals surface area contributed by atoms with Crippen LogP contribution in [0.5, 0.6) is 0 Å². The Kier molecular flexibility index (Phi) is 4.51. The van der Waals surface area contributed by atoms with Gasteiger partial charge < -0.3 is 5.32 Å². The first kappa shape index (κ1) is 14.0. The summed E-state index contributed by atoms with van der Waals surface area (Å²) in [7, 11) is 0. The second-order valence-electron chi connectivity index (χ2n) is 4.73. The maximum Gasteiger partial charge on any atom is 0.142 e. The van der Waals surface area contributed by atoms with E-state index in [2.05, 4.69) is 24.1 Å². The van der Waals surface area contributed by atoms with E-state index in [9.17, 15) is 4.39 Å². The Balaban J connectivity index is 2.30. The topological polar surface area (TPSA) is 24.9 Å². The lowest BCUT2D eigenvalue weighted by Gasteiger charge is -2.11. The van der Waals surface area contributed by atoms with Crippen LogP contribution in [0.15, 0.2) is 36.7 Å². The van der Waals surface area contributed by atoms with Gasteiger partial charge in [-0.2, -0.15) is 0 Å². The molecule has 0 fully saturated rings. The highest BCUT2D eigenvalue weighted by Gasteiger charge is 2.06. The molecule has 0 aliphatic rings. The van der Waals surface area contributed by atoms with Gasteiger partial charge in [0.1, 0.15) is 5.82 Å². The van der Waals surface area contributed by atoms with Crippen molar-refractivity contribution >= 4 is 11.6 Å². The third kappa shape index (κ3) is 3.75. The maximum atomic E-state index is 13.2. The van der Waals surface area contributed by atoms with Gasteiger partial charge in [-0.15, -0.1) is 0 Å². The summed E-state index contributed by atoms with van der Waals surface area (Å²) in [6.45, 7) is 4.84. The Hall–Kier alpha value is -1.45. The van der Waals surface area contributed by atoms with Crippen molar-refractivity contribution in [1.29, 1.82) is 0 Å². The first-order chi connectivity index (χ1) is 9.06. The molecule has 0 amide bonds. The van der Waals surface area contributed by atoms with Crippen molar-refractivity contribution in [3.63, 3.8) is 0 Å². The lowest BCUT2D eigenvalue weighted by atomic mass is 10.0. The molecule has 0 aliphatic heterocycles. The van der Waals surface area contributed by atoms with Crippen molar-refractivity contribution in [2.45, 2.75) is 26.4 Å². The van der Waals surface area contributed by atoms with Gasteiger partial charge in [-0.3, -0.25) is 4.98 Å². The van der Waals surface area contributed by atoms with Crippen LogP contribution in [0.3, 0.4) is 0 Å². The molecule has 0 saturated heterocycles. The van der Waals surface area contributed by atoms with Crippen LogP contribution in [0.1, 0.15) is 19.4 Å². The van der Waals surface area contributed by atoms with Gasteiger partial charge >= 0.3 is 0 Å². The summed E-state index contributed by atoms with van der Waals surface area (Å²) in [5.74, 6) is -0.339. The number of aromatic nitrogens is 1. The first-order valence-corrected chi connectivity index (χ1v) is 6.57. The molecule has 1 aromatic carbocycles. The zero-order valence-electron chi connectivity index (χ0n) is 11.0. The van der Waals surface area contributed by atoms with E-state index in [1.54, 1.807) is 6.20 Å². The molecular formula is C15H16ClFN2. The molecule has 0 aliphatic carbocycles. The molecule has 19 heavy (non-hydrogen) atoms. The Morgan fingerprint density at radius 2 is 2.00 bits per heavy atom. The van der Waals surface area contributed by atoms with Crippen LogP contribution < -0.4 is 5.32 Å². The molecule has 2 nitrogen and oxygen atoms in total. The van der Waals surface area contributed by atoms with E-state index in [0.717, 1.165) is 16.7 Å². The lowest BCUT2D eigenvalue weighted by molar-refractivity contribution is 0.589. The number of nitrogens with zero attached hydrogens (tertiary/aromatic N) is 1. The van der Waals surface area contributed by atoms with Crippen LogP contribution in [0.2, 0.25) is 5.02 Å². The summed E-state index contributed by atoms with van der Waals surface area (Å²) >= 11 is 6.17. The molecule has 0 bridgehead atoms. The SMILES string of the molecule is CC(C)NCc1cc(-c2cncc(F)c2)ccc1Cl. The largest absolute Gasteiger partial charge is 0.310 e. The standard InChI is InChI=1S/C15H16ClFN2/c1-10(2)19-8-13-5-11(3-4-15(13)16)12-6-14(17)9-18-7-12/h3-7,9-10,19H,8H2,1-2H3. The maximum absolute atomic E-state index is 13.2. The van der Waals surface area contributed by atoms with Crippen molar-refractivity contribution in [3.05, 3.63) is 53.1 Å². The van der Waals surface area contributed by atoms with Crippen molar-refractivity contribution in [2.24, 2.45) is 0 Å². The molecule has 0 atom stereocenters. The Morgan fingerprint density at radius 3 is 2.68 bits per heavy atom. The fourth-order valence-corrected chi connectivity index (χ4v) is 1.96. The highest BCUT2D eigenvalue weighted by atomic mass is 35.5. The van der Waals surface area contributed by atoms with Crippen molar-refractivity contribution < 1.29 is 4.39 Å². The number of halogens is 2. The molecule has 0 saturated carbocycles. The predicted molar refractivity (Wildman–Crippen MR) is 76.6 cm³/mol. The van der Waals surface area contributed by atoms with Gasteiger partial charge in [0.2, 0.25) is 0 Å². The summed E-state index contributed by atoms with van der Waals surface area (Å²) in [5.41, 5.74) is 2.66. The summed E-state index contributed by atoms with van der Waals surface area (Å²) in [5, 5.41) is 4.03. The third-order valence-electron chi connectivity index (χ3n) is 2.78. The Bertz CT molecular complexity index is 570. The second kappa shape index (κ2) is 6.13. The average molecular weight is 279 g/mol. The molecule has 2 rings (SSSR count). The molecule has 2 aromatic rings. The van der Waals surface area contributed by atoms with Gasteiger partial charge in [0, 0.05) is 29.4 Å². The van der Waals surface area contributed by atoms with Gasteiger partial charge in [0.05, 0.1) is 6.20 Å². The Labute approximate surface area is 117 Å². The molecule has 0 radical (unpaired) electrons. The summed E-state index contributed by atoms with van der Waals surface area (Å²) in [6.07, 6.45) is 2.84. The molecule has 100 valence electrons. The highest BCUT2D eigenvalue weighted by molar-refractivity contribution is 6.31. The van der Waals surface area contributed by atoms with Crippen molar-refractivity contribution in [2.75, 3.05) is 0 Å². The number of hydrogen-bond donors (Lipinski definition) is 1. The number of nitrogens with one attached hydrogen (secondary N) is 1. The lowest BCUT2D eigenvalue weighted by Crippen LogP contribution is -2.21. The van der Waals surface area contributed by atoms with E-state index in [4.69, 9.17) is 11.6 Å². The molecule has 1 aromatic heterocycles. The number of benzene rings is 1. The minimum Gasteiger partial charge on any atom is -0.310 e. The number of rotatable bonds is 4. The van der Waals surface area contributed by atoms with Gasteiger partial charge in [-0.25, -0.2) is 4.39 Å². The average Bonchev–Trinajstić information content (AvgIpc) is 2.37. The molecule has 1 N–H and O–H groups in total. The monoisotopic (exact) mass is 278 g/mol. The third-order valence-corrected chi connectivity index (χ3v) is 3.15. The number of pyridine rings is 1. The van der Waals surface area contributed by atoms with Gasteiger partial charge in [0.25, 0.3) is 0 Å². The number of hydrogen-bond acceptors (Lipinski definition) is 2. The van der Waals surface area contributed by atoms with Crippen LogP contribution in [-0.4, -0.2) is 11.0 Å². The normalized spacial score (nSPS) is 11.0. The van der Waals surface area contributed by atoms with E-state index in [1.165, 1.54) is 12.3 Å². The first-order valence-electron chi connectivity index (χ1n) is 6.19. The van der Waals surface area contributed by atoms with Gasteiger partial charge in [0.15, 0.2) is 0 Å². The van der Waals surface area contributed by atoms with E-state index < -0.39 is 0 Å². The van der Waals surface area contributed by atoms with Crippen LogP contribution in [0.25, 0.3) is 11.1 Å². The minimum atomic E-state index is -0.339. The molecule has 0 unspecified atom stereocenters. The summed E-state index contributed by atoms with van der Waals surface area (Å²) in [4.78, 5) is 3.86. The zero-order chi connectivity index (χ0) is 13.8. The van der Waals surface area contributed by atoms with E-state index >= 15 is 0 Å². The van der Waals surface area contributed by atoms with Crippen molar-refractivity contribution in [3.8, 4) is 11.1 Å². The van der Waals surface area contributed by atoms with Gasteiger partial charge in [-0.05, 0) is 29.3 Å². The molecule has 1 heterocycles. The Morgan fingerprint density at radius 1 is 1.21 bits per heavy atom. The molecule has 4 heteroatoms. The fraction of sp³-hybridized carbons (Fsp3) is 0.267.